The quantitative estimate of drug-likeness (QED) is 0.743. The highest BCUT2D eigenvalue weighted by molar-refractivity contribution is 6.20. The van der Waals surface area contributed by atoms with Crippen molar-refractivity contribution in [2.75, 3.05) is 14.2 Å². The molecule has 1 rings (SSSR count). The van der Waals surface area contributed by atoms with E-state index in [9.17, 15) is 0 Å². The van der Waals surface area contributed by atoms with Gasteiger partial charge in [-0.05, 0) is 29.5 Å². The maximum atomic E-state index is 6.42. The third-order valence-electron chi connectivity index (χ3n) is 2.56. The third-order valence-corrected chi connectivity index (χ3v) is 2.97. The van der Waals surface area contributed by atoms with Crippen molar-refractivity contribution in [3.05, 3.63) is 23.8 Å². The van der Waals surface area contributed by atoms with Gasteiger partial charge in [0.25, 0.3) is 0 Å². The van der Waals surface area contributed by atoms with Crippen LogP contribution in [0.4, 0.5) is 0 Å². The zero-order chi connectivity index (χ0) is 13.1. The Bertz CT molecular complexity index is 369. The molecule has 0 fully saturated rings. The first-order valence-corrected chi connectivity index (χ1v) is 6.17. The summed E-state index contributed by atoms with van der Waals surface area (Å²) in [4.78, 5) is 0. The Labute approximate surface area is 109 Å². The molecule has 1 aromatic rings. The lowest BCUT2D eigenvalue weighted by Crippen LogP contribution is -2.08. The van der Waals surface area contributed by atoms with Crippen LogP contribution in [0.2, 0.25) is 0 Å². The van der Waals surface area contributed by atoms with E-state index < -0.39 is 0 Å². The van der Waals surface area contributed by atoms with Gasteiger partial charge in [0.1, 0.15) is 0 Å². The molecule has 1 atom stereocenters. The van der Waals surface area contributed by atoms with Gasteiger partial charge in [0.05, 0.1) is 19.6 Å². The Hall–Kier alpha value is -0.890. The summed E-state index contributed by atoms with van der Waals surface area (Å²) in [5, 5.41) is -0.00481. The predicted octanol–water partition coefficient (Wildman–Crippen LogP) is 4.42. The minimum atomic E-state index is -0.00481. The van der Waals surface area contributed by atoms with Gasteiger partial charge in [0, 0.05) is 0 Å². The molecule has 0 N–H and O–H groups in total. The molecule has 3 heteroatoms. The molecule has 1 unspecified atom stereocenters. The SMILES string of the molecule is COc1ccc(C(Cl)CC(C)(C)C)cc1OC. The molecule has 0 aliphatic heterocycles. The highest BCUT2D eigenvalue weighted by Gasteiger charge is 2.19. The highest BCUT2D eigenvalue weighted by Crippen LogP contribution is 2.37. The van der Waals surface area contributed by atoms with E-state index in [1.807, 2.05) is 18.2 Å². The Morgan fingerprint density at radius 1 is 1.12 bits per heavy atom. The van der Waals surface area contributed by atoms with Crippen LogP contribution in [0.25, 0.3) is 0 Å². The maximum Gasteiger partial charge on any atom is 0.161 e. The molecule has 0 heterocycles. The second kappa shape index (κ2) is 5.63. The van der Waals surface area contributed by atoms with Crippen molar-refractivity contribution in [1.29, 1.82) is 0 Å². The van der Waals surface area contributed by atoms with Crippen LogP contribution in [0.15, 0.2) is 18.2 Å². The van der Waals surface area contributed by atoms with Gasteiger partial charge >= 0.3 is 0 Å². The van der Waals surface area contributed by atoms with Gasteiger partial charge in [-0.15, -0.1) is 11.6 Å². The average Bonchev–Trinajstić information content (AvgIpc) is 2.25. The fraction of sp³-hybridized carbons (Fsp3) is 0.571. The minimum Gasteiger partial charge on any atom is -0.493 e. The lowest BCUT2D eigenvalue weighted by atomic mass is 9.88. The summed E-state index contributed by atoms with van der Waals surface area (Å²) in [6, 6.07) is 5.83. The maximum absolute atomic E-state index is 6.42. The Kier molecular flexibility index (Phi) is 4.70. The normalized spacial score (nSPS) is 13.3. The van der Waals surface area contributed by atoms with Gasteiger partial charge in [-0.25, -0.2) is 0 Å². The van der Waals surface area contributed by atoms with E-state index >= 15 is 0 Å². The zero-order valence-corrected chi connectivity index (χ0v) is 12.0. The number of alkyl halides is 1. The first kappa shape index (κ1) is 14.2. The van der Waals surface area contributed by atoms with Crippen molar-refractivity contribution in [3.8, 4) is 11.5 Å². The van der Waals surface area contributed by atoms with E-state index in [1.165, 1.54) is 0 Å². The van der Waals surface area contributed by atoms with Crippen LogP contribution in [0.1, 0.15) is 38.1 Å². The molecule has 0 spiro atoms. The first-order valence-electron chi connectivity index (χ1n) is 5.73. The van der Waals surface area contributed by atoms with Gasteiger partial charge < -0.3 is 9.47 Å². The number of methoxy groups -OCH3 is 2. The number of halogens is 1. The van der Waals surface area contributed by atoms with Crippen LogP contribution >= 0.6 is 11.6 Å². The molecule has 0 amide bonds. The molecule has 2 nitrogen and oxygen atoms in total. The van der Waals surface area contributed by atoms with Crippen molar-refractivity contribution < 1.29 is 9.47 Å². The average molecular weight is 257 g/mol. The molecule has 0 saturated heterocycles. The summed E-state index contributed by atoms with van der Waals surface area (Å²) in [6.07, 6.45) is 0.921. The Morgan fingerprint density at radius 2 is 1.71 bits per heavy atom. The summed E-state index contributed by atoms with van der Waals surface area (Å²) < 4.78 is 10.5. The molecule has 0 radical (unpaired) electrons. The van der Waals surface area contributed by atoms with E-state index in [0.717, 1.165) is 23.5 Å². The van der Waals surface area contributed by atoms with Crippen LogP contribution in [-0.4, -0.2) is 14.2 Å². The van der Waals surface area contributed by atoms with Gasteiger partial charge in [-0.3, -0.25) is 0 Å². The number of hydrogen-bond acceptors (Lipinski definition) is 2. The summed E-state index contributed by atoms with van der Waals surface area (Å²) in [7, 11) is 3.26. The van der Waals surface area contributed by atoms with Gasteiger partial charge in [0.15, 0.2) is 11.5 Å². The smallest absolute Gasteiger partial charge is 0.161 e. The fourth-order valence-electron chi connectivity index (χ4n) is 1.70. The zero-order valence-electron chi connectivity index (χ0n) is 11.2. The monoisotopic (exact) mass is 256 g/mol. The topological polar surface area (TPSA) is 18.5 Å². The van der Waals surface area contributed by atoms with Crippen LogP contribution in [0.5, 0.6) is 11.5 Å². The number of ether oxygens (including phenoxy) is 2. The molecule has 1 aromatic carbocycles. The van der Waals surface area contributed by atoms with Crippen molar-refractivity contribution in [3.63, 3.8) is 0 Å². The number of hydrogen-bond donors (Lipinski definition) is 0. The minimum absolute atomic E-state index is 0.00481. The van der Waals surface area contributed by atoms with Crippen molar-refractivity contribution >= 4 is 11.6 Å². The van der Waals surface area contributed by atoms with Gasteiger partial charge in [-0.1, -0.05) is 26.8 Å². The van der Waals surface area contributed by atoms with Crippen LogP contribution in [0, 0.1) is 5.41 Å². The highest BCUT2D eigenvalue weighted by atomic mass is 35.5. The summed E-state index contributed by atoms with van der Waals surface area (Å²) in [5.74, 6) is 1.46. The largest absolute Gasteiger partial charge is 0.493 e. The lowest BCUT2D eigenvalue weighted by molar-refractivity contribution is 0.352. The first-order chi connectivity index (χ1) is 7.87. The van der Waals surface area contributed by atoms with E-state index in [0.29, 0.717) is 0 Å². The van der Waals surface area contributed by atoms with Crippen LogP contribution < -0.4 is 9.47 Å². The number of rotatable bonds is 4. The lowest BCUT2D eigenvalue weighted by Gasteiger charge is -2.22. The van der Waals surface area contributed by atoms with Gasteiger partial charge in [0.2, 0.25) is 0 Å². The molecule has 0 aliphatic carbocycles. The van der Waals surface area contributed by atoms with E-state index in [2.05, 4.69) is 20.8 Å². The van der Waals surface area contributed by atoms with E-state index in [-0.39, 0.29) is 10.8 Å². The standard InChI is InChI=1S/C14H21ClO2/c1-14(2,3)9-11(15)10-6-7-12(16-4)13(8-10)17-5/h6-8,11H,9H2,1-5H3. The third kappa shape index (κ3) is 4.12. The summed E-state index contributed by atoms with van der Waals surface area (Å²) in [5.41, 5.74) is 1.28. The molecule has 96 valence electrons. The molecular formula is C14H21ClO2. The molecule has 17 heavy (non-hydrogen) atoms. The molecule has 0 aliphatic rings. The second-order valence-corrected chi connectivity index (χ2v) is 5.87. The summed E-state index contributed by atoms with van der Waals surface area (Å²) >= 11 is 6.42. The van der Waals surface area contributed by atoms with Crippen LogP contribution in [0.3, 0.4) is 0 Å². The van der Waals surface area contributed by atoms with E-state index in [4.69, 9.17) is 21.1 Å². The second-order valence-electron chi connectivity index (χ2n) is 5.35. The van der Waals surface area contributed by atoms with Crippen molar-refractivity contribution in [2.24, 2.45) is 5.41 Å². The van der Waals surface area contributed by atoms with Crippen LogP contribution in [-0.2, 0) is 0 Å². The number of benzene rings is 1. The van der Waals surface area contributed by atoms with Gasteiger partial charge in [-0.2, -0.15) is 0 Å². The van der Waals surface area contributed by atoms with Crippen molar-refractivity contribution in [1.82, 2.24) is 0 Å². The van der Waals surface area contributed by atoms with Crippen molar-refractivity contribution in [2.45, 2.75) is 32.6 Å². The molecule has 0 bridgehead atoms. The fourth-order valence-corrected chi connectivity index (χ4v) is 2.30. The molecule has 0 saturated carbocycles. The van der Waals surface area contributed by atoms with E-state index in [1.54, 1.807) is 14.2 Å². The predicted molar refractivity (Wildman–Crippen MR) is 72.2 cm³/mol. The Morgan fingerprint density at radius 3 is 2.18 bits per heavy atom. The Balaban J connectivity index is 2.92. The molecular weight excluding hydrogens is 236 g/mol. The summed E-state index contributed by atoms with van der Waals surface area (Å²) in [6.45, 7) is 6.55. The molecule has 0 aromatic heterocycles.